The van der Waals surface area contributed by atoms with E-state index in [1.54, 1.807) is 32.1 Å². The van der Waals surface area contributed by atoms with Gasteiger partial charge in [0.25, 0.3) is 0 Å². The molecule has 0 aliphatic carbocycles. The number of benzene rings is 2. The van der Waals surface area contributed by atoms with Crippen molar-refractivity contribution in [3.05, 3.63) is 71.7 Å². The molecule has 2 aromatic rings. The van der Waals surface area contributed by atoms with Gasteiger partial charge in [0.1, 0.15) is 5.82 Å². The molecule has 0 fully saturated rings. The largest absolute Gasteiger partial charge is 0.466 e. The van der Waals surface area contributed by atoms with Crippen LogP contribution in [0.2, 0.25) is 0 Å². The number of anilines is 1. The minimum atomic E-state index is -0.426. The maximum Gasteiger partial charge on any atom is 0.311 e. The summed E-state index contributed by atoms with van der Waals surface area (Å²) in [5.41, 5.74) is 2.96. The third-order valence-corrected chi connectivity index (χ3v) is 5.43. The Morgan fingerprint density at radius 3 is 2.68 bits per heavy atom. The predicted octanol–water partition coefficient (Wildman–Crippen LogP) is 4.56. The molecule has 2 N–H and O–H groups in total. The average molecular weight is 442 g/mol. The second-order valence-corrected chi connectivity index (χ2v) is 8.21. The van der Waals surface area contributed by atoms with Crippen molar-refractivity contribution in [2.24, 2.45) is 4.99 Å². The monoisotopic (exact) mass is 441 g/mol. The number of aliphatic imine (C=N–C) groups is 1. The number of esters is 1. The number of carbonyl (C=O) groups is 2. The molecule has 2 aromatic carbocycles. The van der Waals surface area contributed by atoms with Crippen molar-refractivity contribution in [1.29, 1.82) is 0 Å². The molecule has 0 saturated heterocycles. The molecular weight excluding hydrogens is 417 g/mol. The van der Waals surface area contributed by atoms with E-state index in [0.717, 1.165) is 16.9 Å². The van der Waals surface area contributed by atoms with E-state index >= 15 is 0 Å². The van der Waals surface area contributed by atoms with Gasteiger partial charge in [-0.25, -0.2) is 9.38 Å². The van der Waals surface area contributed by atoms with Gasteiger partial charge < -0.3 is 15.4 Å². The van der Waals surface area contributed by atoms with Crippen LogP contribution in [-0.4, -0.2) is 28.8 Å². The van der Waals surface area contributed by atoms with E-state index in [4.69, 9.17) is 4.74 Å². The van der Waals surface area contributed by atoms with E-state index in [1.165, 1.54) is 23.9 Å². The third kappa shape index (κ3) is 6.68. The number of hydrogen-bond donors (Lipinski definition) is 2. The lowest BCUT2D eigenvalue weighted by atomic mass is 10.2. The zero-order valence-electron chi connectivity index (χ0n) is 17.4. The summed E-state index contributed by atoms with van der Waals surface area (Å²) >= 11 is 1.30. The molecule has 0 saturated carbocycles. The highest BCUT2D eigenvalue weighted by Gasteiger charge is 2.19. The Hall–Kier alpha value is -3.13. The Bertz CT molecular complexity index is 1010. The Kier molecular flexibility index (Phi) is 7.83. The standard InChI is InChI=1S/C23H24FN3O3S/c1-3-30-22(28)13-18-12-21(27-20-7-5-4-6-19(20)26-18)31-15(2)23(29)25-14-16-8-10-17(24)11-9-16/h4-12,15,26H,3,13-14H2,1-2H3,(H,25,29)/t15-/m0/s1. The van der Waals surface area contributed by atoms with Crippen LogP contribution >= 0.6 is 11.8 Å². The van der Waals surface area contributed by atoms with E-state index in [1.807, 2.05) is 24.3 Å². The van der Waals surface area contributed by atoms with Crippen LogP contribution < -0.4 is 10.6 Å². The molecule has 0 aromatic heterocycles. The first kappa shape index (κ1) is 22.6. The van der Waals surface area contributed by atoms with Crippen molar-refractivity contribution in [1.82, 2.24) is 5.32 Å². The zero-order chi connectivity index (χ0) is 22.2. The maximum absolute atomic E-state index is 13.0. The van der Waals surface area contributed by atoms with E-state index in [2.05, 4.69) is 15.6 Å². The molecule has 162 valence electrons. The summed E-state index contributed by atoms with van der Waals surface area (Å²) in [7, 11) is 0. The summed E-state index contributed by atoms with van der Waals surface area (Å²) in [5.74, 6) is -0.817. The van der Waals surface area contributed by atoms with Gasteiger partial charge in [0.05, 0.1) is 34.7 Å². The number of fused-ring (bicyclic) bond motifs is 1. The minimum Gasteiger partial charge on any atom is -0.466 e. The highest BCUT2D eigenvalue weighted by molar-refractivity contribution is 8.15. The van der Waals surface area contributed by atoms with Crippen molar-refractivity contribution in [2.75, 3.05) is 11.9 Å². The molecule has 1 heterocycles. The van der Waals surface area contributed by atoms with E-state index in [-0.39, 0.29) is 24.1 Å². The lowest BCUT2D eigenvalue weighted by molar-refractivity contribution is -0.142. The fraction of sp³-hybridized carbons (Fsp3) is 0.261. The summed E-state index contributed by atoms with van der Waals surface area (Å²) in [4.78, 5) is 29.2. The SMILES string of the molecule is CCOC(=O)CC1=CC(S[C@@H](C)C(=O)NCc2ccc(F)cc2)=Nc2ccccc2N1. The Labute approximate surface area is 185 Å². The van der Waals surface area contributed by atoms with Crippen LogP contribution in [-0.2, 0) is 20.9 Å². The average Bonchev–Trinajstić information content (AvgIpc) is 2.91. The van der Waals surface area contributed by atoms with Crippen LogP contribution in [0.15, 0.2) is 65.3 Å². The molecular formula is C23H24FN3O3S. The lowest BCUT2D eigenvalue weighted by Gasteiger charge is -2.12. The number of amides is 1. The number of para-hydroxylation sites is 2. The number of ether oxygens (including phenoxy) is 1. The normalized spacial score (nSPS) is 13.6. The Morgan fingerprint density at radius 2 is 1.94 bits per heavy atom. The molecule has 1 aliphatic rings. The number of nitrogens with zero attached hydrogens (tertiary/aromatic N) is 1. The summed E-state index contributed by atoms with van der Waals surface area (Å²) in [5, 5.41) is 6.27. The van der Waals surface area contributed by atoms with Gasteiger partial charge in [-0.2, -0.15) is 0 Å². The smallest absolute Gasteiger partial charge is 0.311 e. The molecule has 1 amide bonds. The first-order valence-corrected chi connectivity index (χ1v) is 10.8. The molecule has 0 radical (unpaired) electrons. The number of nitrogens with one attached hydrogen (secondary N) is 2. The van der Waals surface area contributed by atoms with Crippen LogP contribution in [0.4, 0.5) is 15.8 Å². The van der Waals surface area contributed by atoms with Gasteiger partial charge in [-0.15, -0.1) is 0 Å². The molecule has 0 spiro atoms. The molecule has 1 aliphatic heterocycles. The topological polar surface area (TPSA) is 79.8 Å². The third-order valence-electron chi connectivity index (χ3n) is 4.41. The predicted molar refractivity (Wildman–Crippen MR) is 122 cm³/mol. The fourth-order valence-electron chi connectivity index (χ4n) is 2.88. The molecule has 6 nitrogen and oxygen atoms in total. The van der Waals surface area contributed by atoms with Gasteiger partial charge in [-0.1, -0.05) is 36.0 Å². The molecule has 0 unspecified atom stereocenters. The van der Waals surface area contributed by atoms with Gasteiger partial charge in [0, 0.05) is 12.2 Å². The number of halogens is 1. The van der Waals surface area contributed by atoms with E-state index in [9.17, 15) is 14.0 Å². The number of carbonyl (C=O) groups excluding carboxylic acids is 2. The number of thioether (sulfide) groups is 1. The zero-order valence-corrected chi connectivity index (χ0v) is 18.2. The number of rotatable bonds is 7. The van der Waals surface area contributed by atoms with Crippen LogP contribution in [0.5, 0.6) is 0 Å². The summed E-state index contributed by atoms with van der Waals surface area (Å²) in [6.45, 7) is 4.17. The van der Waals surface area contributed by atoms with Crippen molar-refractivity contribution in [2.45, 2.75) is 32.1 Å². The van der Waals surface area contributed by atoms with Crippen molar-refractivity contribution in [3.8, 4) is 0 Å². The quantitative estimate of drug-likeness (QED) is 0.616. The first-order valence-electron chi connectivity index (χ1n) is 9.94. The highest BCUT2D eigenvalue weighted by atomic mass is 32.2. The van der Waals surface area contributed by atoms with Crippen LogP contribution in [0.1, 0.15) is 25.8 Å². The van der Waals surface area contributed by atoms with Crippen molar-refractivity contribution < 1.29 is 18.7 Å². The Balaban J connectivity index is 1.70. The van der Waals surface area contributed by atoms with E-state index < -0.39 is 5.25 Å². The van der Waals surface area contributed by atoms with E-state index in [0.29, 0.717) is 23.9 Å². The van der Waals surface area contributed by atoms with Crippen LogP contribution in [0.25, 0.3) is 0 Å². The first-order chi connectivity index (χ1) is 14.9. The summed E-state index contributed by atoms with van der Waals surface area (Å²) < 4.78 is 18.1. The molecule has 3 rings (SSSR count). The molecule has 31 heavy (non-hydrogen) atoms. The van der Waals surface area contributed by atoms with Gasteiger partial charge in [0.15, 0.2) is 0 Å². The number of hydrogen-bond acceptors (Lipinski definition) is 6. The van der Waals surface area contributed by atoms with Gasteiger partial charge in [0.2, 0.25) is 5.91 Å². The van der Waals surface area contributed by atoms with Crippen molar-refractivity contribution >= 4 is 40.1 Å². The minimum absolute atomic E-state index is 0.0763. The van der Waals surface area contributed by atoms with Crippen molar-refractivity contribution in [3.63, 3.8) is 0 Å². The molecule has 1 atom stereocenters. The molecule has 8 heteroatoms. The second kappa shape index (κ2) is 10.8. The molecule has 0 bridgehead atoms. The van der Waals surface area contributed by atoms with Crippen LogP contribution in [0.3, 0.4) is 0 Å². The summed E-state index contributed by atoms with van der Waals surface area (Å²) in [6.07, 6.45) is 1.85. The van der Waals surface area contributed by atoms with Crippen LogP contribution in [0, 0.1) is 5.82 Å². The van der Waals surface area contributed by atoms with Gasteiger partial charge in [-0.05, 0) is 49.8 Å². The fourth-order valence-corrected chi connectivity index (χ4v) is 3.79. The second-order valence-electron chi connectivity index (χ2n) is 6.85. The maximum atomic E-state index is 13.0. The van der Waals surface area contributed by atoms with Gasteiger partial charge in [-0.3, -0.25) is 9.59 Å². The Morgan fingerprint density at radius 1 is 1.19 bits per heavy atom. The highest BCUT2D eigenvalue weighted by Crippen LogP contribution is 2.32. The lowest BCUT2D eigenvalue weighted by Crippen LogP contribution is -2.31. The summed E-state index contributed by atoms with van der Waals surface area (Å²) in [6, 6.07) is 13.5. The van der Waals surface area contributed by atoms with Gasteiger partial charge >= 0.3 is 5.97 Å².